The van der Waals surface area contributed by atoms with Crippen molar-refractivity contribution in [3.8, 4) is 0 Å². The molecule has 132 valence electrons. The molecule has 1 saturated heterocycles. The van der Waals surface area contributed by atoms with Crippen molar-refractivity contribution in [1.29, 1.82) is 0 Å². The van der Waals surface area contributed by atoms with Crippen LogP contribution in [0.1, 0.15) is 29.6 Å². The Morgan fingerprint density at radius 1 is 1.25 bits per heavy atom. The Kier molecular flexibility index (Phi) is 7.71. The predicted octanol–water partition coefficient (Wildman–Crippen LogP) is 0.937. The van der Waals surface area contributed by atoms with Crippen LogP contribution in [-0.4, -0.2) is 51.2 Å². The van der Waals surface area contributed by atoms with E-state index in [0.29, 0.717) is 18.7 Å². The first-order chi connectivity index (χ1) is 11.7. The van der Waals surface area contributed by atoms with Gasteiger partial charge < -0.3 is 20.7 Å². The molecular formula is C18H27N3O3. The number of ether oxygens (including phenoxy) is 1. The second kappa shape index (κ2) is 10.1. The largest absolute Gasteiger partial charge is 0.385 e. The smallest absolute Gasteiger partial charge is 0.251 e. The van der Waals surface area contributed by atoms with Crippen molar-refractivity contribution in [2.75, 3.05) is 33.4 Å². The molecule has 1 aromatic carbocycles. The number of hydrogen-bond donors (Lipinski definition) is 3. The van der Waals surface area contributed by atoms with E-state index < -0.39 is 6.04 Å². The maximum atomic E-state index is 12.6. The van der Waals surface area contributed by atoms with Crippen LogP contribution in [0.3, 0.4) is 0 Å². The zero-order valence-corrected chi connectivity index (χ0v) is 14.2. The summed E-state index contributed by atoms with van der Waals surface area (Å²) in [4.78, 5) is 25.0. The Morgan fingerprint density at radius 2 is 1.96 bits per heavy atom. The fraction of sp³-hybridized carbons (Fsp3) is 0.556. The molecule has 2 rings (SSSR count). The van der Waals surface area contributed by atoms with Crippen molar-refractivity contribution in [2.24, 2.45) is 5.92 Å². The van der Waals surface area contributed by atoms with Crippen LogP contribution in [0, 0.1) is 5.92 Å². The van der Waals surface area contributed by atoms with Crippen molar-refractivity contribution < 1.29 is 14.3 Å². The lowest BCUT2D eigenvalue weighted by Gasteiger charge is -2.30. The molecule has 1 fully saturated rings. The fourth-order valence-electron chi connectivity index (χ4n) is 2.93. The molecule has 1 heterocycles. The van der Waals surface area contributed by atoms with Crippen molar-refractivity contribution in [3.63, 3.8) is 0 Å². The molecule has 1 unspecified atom stereocenters. The highest BCUT2D eigenvalue weighted by Gasteiger charge is 2.30. The molecule has 1 aliphatic rings. The minimum atomic E-state index is -0.498. The number of nitrogens with one attached hydrogen (secondary N) is 3. The third-order valence-corrected chi connectivity index (χ3v) is 4.28. The zero-order chi connectivity index (χ0) is 17.2. The zero-order valence-electron chi connectivity index (χ0n) is 14.2. The number of carbonyl (C=O) groups excluding carboxylic acids is 2. The standard InChI is InChI=1S/C18H27N3O3/c1-24-13-5-10-20-18(23)16(14-8-11-19-12-9-14)21-17(22)15-6-3-2-4-7-15/h2-4,6-7,14,16,19H,5,8-13H2,1H3,(H,20,23)(H,21,22). The van der Waals surface area contributed by atoms with Crippen molar-refractivity contribution >= 4 is 11.8 Å². The number of rotatable bonds is 8. The number of methoxy groups -OCH3 is 1. The van der Waals surface area contributed by atoms with Gasteiger partial charge in [-0.3, -0.25) is 9.59 Å². The quantitative estimate of drug-likeness (QED) is 0.619. The number of hydrogen-bond acceptors (Lipinski definition) is 4. The van der Waals surface area contributed by atoms with Gasteiger partial charge in [-0.25, -0.2) is 0 Å². The van der Waals surface area contributed by atoms with Crippen molar-refractivity contribution in [1.82, 2.24) is 16.0 Å². The molecular weight excluding hydrogens is 306 g/mol. The van der Waals surface area contributed by atoms with E-state index in [9.17, 15) is 9.59 Å². The van der Waals surface area contributed by atoms with Gasteiger partial charge in [0.05, 0.1) is 0 Å². The van der Waals surface area contributed by atoms with E-state index >= 15 is 0 Å². The lowest BCUT2D eigenvalue weighted by molar-refractivity contribution is -0.124. The van der Waals surface area contributed by atoms with E-state index in [1.807, 2.05) is 18.2 Å². The third kappa shape index (κ3) is 5.62. The summed E-state index contributed by atoms with van der Waals surface area (Å²) < 4.78 is 4.99. The lowest BCUT2D eigenvalue weighted by Crippen LogP contribution is -2.53. The SMILES string of the molecule is COCCCNC(=O)C(NC(=O)c1ccccc1)C1CCNCC1. The van der Waals surface area contributed by atoms with Crippen LogP contribution >= 0.6 is 0 Å². The van der Waals surface area contributed by atoms with Crippen molar-refractivity contribution in [3.05, 3.63) is 35.9 Å². The number of carbonyl (C=O) groups is 2. The van der Waals surface area contributed by atoms with Gasteiger partial charge in [0.2, 0.25) is 5.91 Å². The van der Waals surface area contributed by atoms with Gasteiger partial charge in [-0.05, 0) is 50.4 Å². The van der Waals surface area contributed by atoms with Gasteiger partial charge in [0.25, 0.3) is 5.91 Å². The Labute approximate surface area is 143 Å². The Bertz CT molecular complexity index is 516. The van der Waals surface area contributed by atoms with Crippen LogP contribution in [-0.2, 0) is 9.53 Å². The first-order valence-electron chi connectivity index (χ1n) is 8.55. The predicted molar refractivity (Wildman–Crippen MR) is 92.8 cm³/mol. The second-order valence-electron chi connectivity index (χ2n) is 6.04. The molecule has 1 aliphatic heterocycles. The maximum absolute atomic E-state index is 12.6. The summed E-state index contributed by atoms with van der Waals surface area (Å²) >= 11 is 0. The second-order valence-corrected chi connectivity index (χ2v) is 6.04. The molecule has 0 bridgehead atoms. The van der Waals surface area contributed by atoms with Crippen LogP contribution in [0.15, 0.2) is 30.3 Å². The molecule has 1 aromatic rings. The molecule has 0 spiro atoms. The summed E-state index contributed by atoms with van der Waals surface area (Å²) in [6, 6.07) is 8.51. The van der Waals surface area contributed by atoms with Crippen LogP contribution < -0.4 is 16.0 Å². The van der Waals surface area contributed by atoms with E-state index in [0.717, 1.165) is 32.4 Å². The number of piperidine rings is 1. The van der Waals surface area contributed by atoms with Gasteiger partial charge >= 0.3 is 0 Å². The minimum absolute atomic E-state index is 0.109. The molecule has 0 aliphatic carbocycles. The molecule has 1 atom stereocenters. The summed E-state index contributed by atoms with van der Waals surface area (Å²) in [5.74, 6) is -0.158. The van der Waals surface area contributed by atoms with Crippen molar-refractivity contribution in [2.45, 2.75) is 25.3 Å². The highest BCUT2D eigenvalue weighted by Crippen LogP contribution is 2.17. The molecule has 3 N–H and O–H groups in total. The molecule has 0 saturated carbocycles. The van der Waals surface area contributed by atoms with Gasteiger partial charge in [-0.1, -0.05) is 18.2 Å². The topological polar surface area (TPSA) is 79.5 Å². The first kappa shape index (κ1) is 18.4. The van der Waals surface area contributed by atoms with E-state index in [-0.39, 0.29) is 17.7 Å². The average molecular weight is 333 g/mol. The highest BCUT2D eigenvalue weighted by molar-refractivity contribution is 5.97. The van der Waals surface area contributed by atoms with Gasteiger partial charge in [0.1, 0.15) is 6.04 Å². The molecule has 24 heavy (non-hydrogen) atoms. The summed E-state index contributed by atoms with van der Waals surface area (Å²) in [5, 5.41) is 9.14. The molecule has 0 radical (unpaired) electrons. The van der Waals surface area contributed by atoms with Crippen LogP contribution in [0.5, 0.6) is 0 Å². The summed E-state index contributed by atoms with van der Waals surface area (Å²) in [7, 11) is 1.64. The van der Waals surface area contributed by atoms with E-state index in [1.54, 1.807) is 19.2 Å². The number of benzene rings is 1. The first-order valence-corrected chi connectivity index (χ1v) is 8.55. The fourth-order valence-corrected chi connectivity index (χ4v) is 2.93. The normalized spacial score (nSPS) is 16.4. The van der Waals surface area contributed by atoms with Crippen LogP contribution in [0.2, 0.25) is 0 Å². The maximum Gasteiger partial charge on any atom is 0.251 e. The van der Waals surface area contributed by atoms with Gasteiger partial charge in [0.15, 0.2) is 0 Å². The summed E-state index contributed by atoms with van der Waals surface area (Å²) in [5.41, 5.74) is 0.573. The molecule has 6 nitrogen and oxygen atoms in total. The minimum Gasteiger partial charge on any atom is -0.385 e. The third-order valence-electron chi connectivity index (χ3n) is 4.28. The number of amides is 2. The molecule has 2 amide bonds. The Morgan fingerprint density at radius 3 is 2.62 bits per heavy atom. The van der Waals surface area contributed by atoms with E-state index in [2.05, 4.69) is 16.0 Å². The molecule has 0 aromatic heterocycles. The highest BCUT2D eigenvalue weighted by atomic mass is 16.5. The Balaban J connectivity index is 1.99. The average Bonchev–Trinajstić information content (AvgIpc) is 2.64. The van der Waals surface area contributed by atoms with Crippen LogP contribution in [0.25, 0.3) is 0 Å². The van der Waals surface area contributed by atoms with E-state index in [4.69, 9.17) is 4.74 Å². The summed E-state index contributed by atoms with van der Waals surface area (Å²) in [6.45, 7) is 2.91. The van der Waals surface area contributed by atoms with Gasteiger partial charge in [0, 0.05) is 25.8 Å². The van der Waals surface area contributed by atoms with Gasteiger partial charge in [-0.15, -0.1) is 0 Å². The summed E-state index contributed by atoms with van der Waals surface area (Å²) in [6.07, 6.45) is 2.52. The van der Waals surface area contributed by atoms with Crippen LogP contribution in [0.4, 0.5) is 0 Å². The van der Waals surface area contributed by atoms with E-state index in [1.165, 1.54) is 0 Å². The van der Waals surface area contributed by atoms with Gasteiger partial charge in [-0.2, -0.15) is 0 Å². The molecule has 6 heteroatoms. The Hall–Kier alpha value is -1.92. The monoisotopic (exact) mass is 333 g/mol. The lowest BCUT2D eigenvalue weighted by atomic mass is 9.89.